The van der Waals surface area contributed by atoms with Gasteiger partial charge in [-0.05, 0) is 29.8 Å². The number of nitrogens with one attached hydrogen (secondary N) is 1. The Morgan fingerprint density at radius 2 is 2.31 bits per heavy atom. The molecule has 0 aliphatic carbocycles. The fraction of sp³-hybridized carbons (Fsp3) is 0.500. The summed E-state index contributed by atoms with van der Waals surface area (Å²) in [5, 5.41) is 2.67. The van der Waals surface area contributed by atoms with Gasteiger partial charge in [0.2, 0.25) is 5.91 Å². The second-order valence-corrected chi connectivity index (χ2v) is 4.14. The fourth-order valence-corrected chi connectivity index (χ4v) is 1.54. The van der Waals surface area contributed by atoms with Crippen LogP contribution in [0.1, 0.15) is 19.0 Å². The summed E-state index contributed by atoms with van der Waals surface area (Å²) < 4.78 is 1.87. The van der Waals surface area contributed by atoms with Crippen LogP contribution in [0.3, 0.4) is 0 Å². The van der Waals surface area contributed by atoms with E-state index in [2.05, 4.69) is 26.2 Å². The van der Waals surface area contributed by atoms with E-state index in [1.807, 2.05) is 6.92 Å². The first-order valence-corrected chi connectivity index (χ1v) is 5.83. The van der Waals surface area contributed by atoms with Gasteiger partial charge in [-0.3, -0.25) is 14.2 Å². The van der Waals surface area contributed by atoms with Crippen LogP contribution in [0, 0.1) is 6.92 Å². The summed E-state index contributed by atoms with van der Waals surface area (Å²) >= 11 is 3.17. The third-order valence-electron chi connectivity index (χ3n) is 2.11. The zero-order chi connectivity index (χ0) is 12.1. The predicted molar refractivity (Wildman–Crippen MR) is 64.2 cm³/mol. The second kappa shape index (κ2) is 5.79. The molecule has 0 aliphatic rings. The molecule has 1 rings (SSSR count). The van der Waals surface area contributed by atoms with Crippen LogP contribution >= 0.6 is 15.9 Å². The highest BCUT2D eigenvalue weighted by atomic mass is 79.9. The van der Waals surface area contributed by atoms with Crippen molar-refractivity contribution in [3.8, 4) is 0 Å². The van der Waals surface area contributed by atoms with Crippen LogP contribution in [0.2, 0.25) is 0 Å². The Labute approximate surface area is 102 Å². The van der Waals surface area contributed by atoms with Crippen molar-refractivity contribution in [2.75, 3.05) is 6.54 Å². The van der Waals surface area contributed by atoms with Gasteiger partial charge < -0.3 is 5.32 Å². The quantitative estimate of drug-likeness (QED) is 0.893. The van der Waals surface area contributed by atoms with Crippen molar-refractivity contribution in [2.45, 2.75) is 26.8 Å². The van der Waals surface area contributed by atoms with E-state index < -0.39 is 0 Å². The summed E-state index contributed by atoms with van der Waals surface area (Å²) in [6, 6.07) is 0. The Balaban J connectivity index is 2.72. The molecule has 0 aliphatic heterocycles. The van der Waals surface area contributed by atoms with Gasteiger partial charge in [-0.1, -0.05) is 0 Å². The number of carbonyl (C=O) groups is 1. The van der Waals surface area contributed by atoms with Gasteiger partial charge in [-0.25, -0.2) is 4.98 Å². The number of hydrogen-bond donors (Lipinski definition) is 1. The van der Waals surface area contributed by atoms with Crippen molar-refractivity contribution in [2.24, 2.45) is 0 Å². The summed E-state index contributed by atoms with van der Waals surface area (Å²) in [4.78, 5) is 27.0. The van der Waals surface area contributed by atoms with Gasteiger partial charge in [0.05, 0.1) is 12.0 Å². The van der Waals surface area contributed by atoms with Crippen molar-refractivity contribution < 1.29 is 4.79 Å². The molecule has 0 radical (unpaired) electrons. The zero-order valence-corrected chi connectivity index (χ0v) is 10.9. The second-order valence-electron chi connectivity index (χ2n) is 3.35. The summed E-state index contributed by atoms with van der Waals surface area (Å²) in [5.41, 5.74) is 0.496. The molecule has 0 bridgehead atoms. The number of halogens is 1. The molecule has 0 atom stereocenters. The smallest absolute Gasteiger partial charge is 0.267 e. The summed E-state index contributed by atoms with van der Waals surface area (Å²) in [6.07, 6.45) is 1.74. The standard InChI is InChI=1S/C10H14BrN3O2/c1-3-12-8(15)4-5-14-6-13-7(2)9(11)10(14)16/h6H,3-5H2,1-2H3,(H,12,15). The maximum absolute atomic E-state index is 11.7. The average Bonchev–Trinajstić information content (AvgIpc) is 2.25. The lowest BCUT2D eigenvalue weighted by atomic mass is 10.3. The van der Waals surface area contributed by atoms with E-state index in [1.165, 1.54) is 10.9 Å². The Morgan fingerprint density at radius 3 is 2.94 bits per heavy atom. The van der Waals surface area contributed by atoms with E-state index in [4.69, 9.17) is 0 Å². The minimum Gasteiger partial charge on any atom is -0.356 e. The van der Waals surface area contributed by atoms with Crippen molar-refractivity contribution in [1.29, 1.82) is 0 Å². The first kappa shape index (κ1) is 12.9. The van der Waals surface area contributed by atoms with Crippen LogP contribution in [0.15, 0.2) is 15.6 Å². The highest BCUT2D eigenvalue weighted by Gasteiger charge is 2.06. The molecular formula is C10H14BrN3O2. The van der Waals surface area contributed by atoms with E-state index in [9.17, 15) is 9.59 Å². The van der Waals surface area contributed by atoms with Gasteiger partial charge in [0, 0.05) is 19.5 Å². The van der Waals surface area contributed by atoms with E-state index in [0.717, 1.165) is 0 Å². The topological polar surface area (TPSA) is 64.0 Å². The minimum absolute atomic E-state index is 0.0638. The number of hydrogen-bond acceptors (Lipinski definition) is 3. The molecule has 0 fully saturated rings. The van der Waals surface area contributed by atoms with Crippen LogP contribution < -0.4 is 10.9 Å². The lowest BCUT2D eigenvalue weighted by molar-refractivity contribution is -0.121. The van der Waals surface area contributed by atoms with E-state index in [1.54, 1.807) is 6.92 Å². The Hall–Kier alpha value is -1.17. The molecule has 0 unspecified atom stereocenters. The predicted octanol–water partition coefficient (Wildman–Crippen LogP) is 0.840. The van der Waals surface area contributed by atoms with Crippen LogP contribution in [0.5, 0.6) is 0 Å². The molecule has 0 saturated heterocycles. The third kappa shape index (κ3) is 3.16. The summed E-state index contributed by atoms with van der Waals surface area (Å²) in [7, 11) is 0. The highest BCUT2D eigenvalue weighted by Crippen LogP contribution is 2.06. The number of rotatable bonds is 4. The summed E-state index contributed by atoms with van der Waals surface area (Å²) in [6.45, 7) is 4.55. The monoisotopic (exact) mass is 287 g/mol. The SMILES string of the molecule is CCNC(=O)CCn1cnc(C)c(Br)c1=O. The maximum atomic E-state index is 11.7. The molecule has 5 nitrogen and oxygen atoms in total. The Morgan fingerprint density at radius 1 is 1.62 bits per heavy atom. The molecule has 0 spiro atoms. The van der Waals surface area contributed by atoms with Crippen LogP contribution in [-0.4, -0.2) is 22.0 Å². The molecule has 1 aromatic heterocycles. The molecule has 1 aromatic rings. The van der Waals surface area contributed by atoms with Gasteiger partial charge in [-0.15, -0.1) is 0 Å². The van der Waals surface area contributed by atoms with E-state index >= 15 is 0 Å². The molecule has 88 valence electrons. The van der Waals surface area contributed by atoms with Crippen LogP contribution in [0.4, 0.5) is 0 Å². The normalized spacial score (nSPS) is 10.2. The number of aryl methyl sites for hydroxylation is 2. The first-order valence-electron chi connectivity index (χ1n) is 5.04. The number of aromatic nitrogens is 2. The molecule has 1 N–H and O–H groups in total. The lowest BCUT2D eigenvalue weighted by Gasteiger charge is -2.06. The largest absolute Gasteiger partial charge is 0.356 e. The molecule has 0 aromatic carbocycles. The lowest BCUT2D eigenvalue weighted by Crippen LogP contribution is -2.27. The van der Waals surface area contributed by atoms with Crippen LogP contribution in [-0.2, 0) is 11.3 Å². The molecule has 6 heteroatoms. The number of carbonyl (C=O) groups excluding carboxylic acids is 1. The third-order valence-corrected chi connectivity index (χ3v) is 3.02. The van der Waals surface area contributed by atoms with E-state index in [0.29, 0.717) is 23.3 Å². The Bertz CT molecular complexity index is 442. The molecular weight excluding hydrogens is 274 g/mol. The summed E-state index contributed by atoms with van der Waals surface area (Å²) in [5.74, 6) is -0.0638. The zero-order valence-electron chi connectivity index (χ0n) is 9.29. The van der Waals surface area contributed by atoms with Gasteiger partial charge in [0.15, 0.2) is 0 Å². The fourth-order valence-electron chi connectivity index (χ4n) is 1.21. The molecule has 16 heavy (non-hydrogen) atoms. The maximum Gasteiger partial charge on any atom is 0.267 e. The average molecular weight is 288 g/mol. The van der Waals surface area contributed by atoms with Gasteiger partial charge in [0.1, 0.15) is 4.47 Å². The highest BCUT2D eigenvalue weighted by molar-refractivity contribution is 9.10. The van der Waals surface area contributed by atoms with Crippen molar-refractivity contribution in [1.82, 2.24) is 14.9 Å². The van der Waals surface area contributed by atoms with Gasteiger partial charge >= 0.3 is 0 Å². The van der Waals surface area contributed by atoms with Crippen molar-refractivity contribution >= 4 is 21.8 Å². The van der Waals surface area contributed by atoms with Gasteiger partial charge in [0.25, 0.3) is 5.56 Å². The van der Waals surface area contributed by atoms with Gasteiger partial charge in [-0.2, -0.15) is 0 Å². The van der Waals surface area contributed by atoms with Crippen molar-refractivity contribution in [3.05, 3.63) is 26.8 Å². The molecule has 1 heterocycles. The van der Waals surface area contributed by atoms with Crippen LogP contribution in [0.25, 0.3) is 0 Å². The minimum atomic E-state index is -0.156. The number of amides is 1. The van der Waals surface area contributed by atoms with Crippen molar-refractivity contribution in [3.63, 3.8) is 0 Å². The Kier molecular flexibility index (Phi) is 4.67. The first-order chi connectivity index (χ1) is 7.56. The van der Waals surface area contributed by atoms with E-state index in [-0.39, 0.29) is 17.9 Å². The molecule has 0 saturated carbocycles. The number of nitrogens with zero attached hydrogens (tertiary/aromatic N) is 2. The molecule has 1 amide bonds.